The second kappa shape index (κ2) is 17.9. The monoisotopic (exact) mass is 629 g/mol. The van der Waals surface area contributed by atoms with Gasteiger partial charge in [0.25, 0.3) is 0 Å². The van der Waals surface area contributed by atoms with Crippen LogP contribution in [0.3, 0.4) is 0 Å². The van der Waals surface area contributed by atoms with E-state index < -0.39 is 0 Å². The molecule has 0 saturated heterocycles. The van der Waals surface area contributed by atoms with E-state index in [1.807, 2.05) is 36.8 Å². The molecule has 3 heteroatoms. The van der Waals surface area contributed by atoms with E-state index >= 15 is 0 Å². The predicted octanol–water partition coefficient (Wildman–Crippen LogP) is 11.6. The highest BCUT2D eigenvalue weighted by molar-refractivity contribution is 5.61. The molecular weight excluding hydrogens is 583 g/mol. The molecular formula is C45H47N3. The maximum atomic E-state index is 4.69. The van der Waals surface area contributed by atoms with Gasteiger partial charge in [0.1, 0.15) is 0 Å². The van der Waals surface area contributed by atoms with E-state index in [2.05, 4.69) is 118 Å². The number of benzene rings is 3. The second-order valence-electron chi connectivity index (χ2n) is 12.9. The topological polar surface area (TPSA) is 38.7 Å². The van der Waals surface area contributed by atoms with Crippen molar-refractivity contribution in [3.63, 3.8) is 0 Å². The van der Waals surface area contributed by atoms with Crippen LogP contribution in [0, 0.1) is 0 Å². The Morgan fingerprint density at radius 1 is 0.312 bits per heavy atom. The van der Waals surface area contributed by atoms with Crippen LogP contribution in [0.2, 0.25) is 0 Å². The first-order valence-electron chi connectivity index (χ1n) is 17.9. The number of nitrogens with zero attached hydrogens (tertiary/aromatic N) is 3. The third-order valence-electron chi connectivity index (χ3n) is 9.24. The van der Waals surface area contributed by atoms with Crippen molar-refractivity contribution in [2.24, 2.45) is 0 Å². The highest BCUT2D eigenvalue weighted by Gasteiger charge is 2.04. The standard InChI is InChI=1S/C45H47N3/c1(6-14-36-21-26-41(27-22-36)43-20-12-13-32-46-43)2-7-15-37-23-28-42(29-24-37)45-34-38(31-33-47-45)16-8-3-4-9-17-39-25-30-44(48-35-39)40-18-10-5-11-19-40/h5,10-13,18-35H,1-4,6-9,14-17H2. The number of aryl methyl sites for hydroxylation is 4. The number of aromatic nitrogens is 3. The summed E-state index contributed by atoms with van der Waals surface area (Å²) in [7, 11) is 0. The van der Waals surface area contributed by atoms with Crippen molar-refractivity contribution in [2.75, 3.05) is 0 Å². The van der Waals surface area contributed by atoms with Gasteiger partial charge in [-0.25, -0.2) is 0 Å². The Bertz CT molecular complexity index is 1780. The lowest BCUT2D eigenvalue weighted by Gasteiger charge is -2.07. The molecule has 6 aromatic rings. The lowest BCUT2D eigenvalue weighted by molar-refractivity contribution is 0.640. The summed E-state index contributed by atoms with van der Waals surface area (Å²) in [5, 5.41) is 0. The fourth-order valence-corrected chi connectivity index (χ4v) is 6.38. The molecule has 0 N–H and O–H groups in total. The minimum Gasteiger partial charge on any atom is -0.256 e. The van der Waals surface area contributed by atoms with E-state index in [0.29, 0.717) is 0 Å². The van der Waals surface area contributed by atoms with Crippen molar-refractivity contribution < 1.29 is 0 Å². The van der Waals surface area contributed by atoms with Gasteiger partial charge in [-0.3, -0.25) is 15.0 Å². The average Bonchev–Trinajstić information content (AvgIpc) is 3.16. The van der Waals surface area contributed by atoms with Gasteiger partial charge in [-0.2, -0.15) is 0 Å². The molecule has 3 aromatic carbocycles. The summed E-state index contributed by atoms with van der Waals surface area (Å²) in [6.07, 6.45) is 20.3. The zero-order chi connectivity index (χ0) is 32.6. The van der Waals surface area contributed by atoms with Gasteiger partial charge in [0.2, 0.25) is 0 Å². The average molecular weight is 630 g/mol. The number of rotatable bonds is 17. The zero-order valence-electron chi connectivity index (χ0n) is 28.1. The van der Waals surface area contributed by atoms with Crippen molar-refractivity contribution in [2.45, 2.75) is 77.0 Å². The summed E-state index contributed by atoms with van der Waals surface area (Å²) < 4.78 is 0. The van der Waals surface area contributed by atoms with Gasteiger partial charge < -0.3 is 0 Å². The Kier molecular flexibility index (Phi) is 12.3. The lowest BCUT2D eigenvalue weighted by Crippen LogP contribution is -1.92. The molecule has 0 fully saturated rings. The fraction of sp³-hybridized carbons (Fsp3) is 0.267. The van der Waals surface area contributed by atoms with Crippen LogP contribution in [0.15, 0.2) is 140 Å². The second-order valence-corrected chi connectivity index (χ2v) is 12.9. The third kappa shape index (κ3) is 10.1. The van der Waals surface area contributed by atoms with E-state index in [9.17, 15) is 0 Å². The van der Waals surface area contributed by atoms with Crippen LogP contribution in [0.25, 0.3) is 33.8 Å². The van der Waals surface area contributed by atoms with E-state index in [-0.39, 0.29) is 0 Å². The number of hydrogen-bond acceptors (Lipinski definition) is 3. The minimum absolute atomic E-state index is 1.04. The Labute approximate surface area is 287 Å². The predicted molar refractivity (Wildman–Crippen MR) is 201 cm³/mol. The summed E-state index contributed by atoms with van der Waals surface area (Å²) in [6, 6.07) is 43.3. The summed E-state index contributed by atoms with van der Waals surface area (Å²) in [5.74, 6) is 0. The van der Waals surface area contributed by atoms with Gasteiger partial charge in [-0.15, -0.1) is 0 Å². The number of pyridine rings is 3. The van der Waals surface area contributed by atoms with Crippen LogP contribution in [-0.4, -0.2) is 15.0 Å². The molecule has 0 unspecified atom stereocenters. The van der Waals surface area contributed by atoms with E-state index in [4.69, 9.17) is 0 Å². The van der Waals surface area contributed by atoms with E-state index in [0.717, 1.165) is 42.8 Å². The summed E-state index contributed by atoms with van der Waals surface area (Å²) in [6.45, 7) is 0. The first-order valence-corrected chi connectivity index (χ1v) is 17.9. The smallest absolute Gasteiger partial charge is 0.0704 e. The molecule has 0 radical (unpaired) electrons. The van der Waals surface area contributed by atoms with Crippen molar-refractivity contribution in [1.82, 2.24) is 15.0 Å². The molecule has 0 amide bonds. The third-order valence-corrected chi connectivity index (χ3v) is 9.24. The molecule has 242 valence electrons. The van der Waals surface area contributed by atoms with Crippen molar-refractivity contribution in [3.8, 4) is 33.8 Å². The molecule has 0 atom stereocenters. The Hall–Kier alpha value is -4.89. The van der Waals surface area contributed by atoms with Gasteiger partial charge in [0.05, 0.1) is 17.1 Å². The molecule has 3 aromatic heterocycles. The highest BCUT2D eigenvalue weighted by atomic mass is 14.7. The Morgan fingerprint density at radius 3 is 1.40 bits per heavy atom. The molecule has 6 rings (SSSR count). The SMILES string of the molecule is c1ccc(-c2ccc(CCCCCCc3ccnc(-c4ccc(CCCCCCc5ccc(-c6ccccn6)cc5)cc4)c3)cn2)cc1. The quantitative estimate of drug-likeness (QED) is 0.0942. The zero-order valence-corrected chi connectivity index (χ0v) is 28.1. The summed E-state index contributed by atoms with van der Waals surface area (Å²) >= 11 is 0. The first kappa shape index (κ1) is 33.0. The first-order chi connectivity index (χ1) is 23.8. The van der Waals surface area contributed by atoms with Gasteiger partial charge in [0.15, 0.2) is 0 Å². The molecule has 0 spiro atoms. The largest absolute Gasteiger partial charge is 0.256 e. The molecule has 0 aliphatic rings. The molecule has 0 aliphatic carbocycles. The van der Waals surface area contributed by atoms with Crippen LogP contribution < -0.4 is 0 Å². The molecule has 0 aliphatic heterocycles. The van der Waals surface area contributed by atoms with Gasteiger partial charge >= 0.3 is 0 Å². The Morgan fingerprint density at radius 2 is 0.812 bits per heavy atom. The lowest BCUT2D eigenvalue weighted by atomic mass is 10.00. The Balaban J connectivity index is 0.848. The summed E-state index contributed by atoms with van der Waals surface area (Å²) in [5.41, 5.74) is 12.3. The summed E-state index contributed by atoms with van der Waals surface area (Å²) in [4.78, 5) is 13.8. The van der Waals surface area contributed by atoms with Crippen molar-refractivity contribution in [3.05, 3.63) is 162 Å². The van der Waals surface area contributed by atoms with E-state index in [1.165, 1.54) is 90.3 Å². The molecule has 48 heavy (non-hydrogen) atoms. The van der Waals surface area contributed by atoms with Crippen molar-refractivity contribution in [1.29, 1.82) is 0 Å². The molecule has 0 saturated carbocycles. The molecule has 0 bridgehead atoms. The van der Waals surface area contributed by atoms with Crippen molar-refractivity contribution >= 4 is 0 Å². The highest BCUT2D eigenvalue weighted by Crippen LogP contribution is 2.22. The maximum Gasteiger partial charge on any atom is 0.0704 e. The number of hydrogen-bond donors (Lipinski definition) is 0. The number of unbranched alkanes of at least 4 members (excludes halogenated alkanes) is 6. The minimum atomic E-state index is 1.04. The van der Waals surface area contributed by atoms with Crippen LogP contribution in [-0.2, 0) is 25.7 Å². The van der Waals surface area contributed by atoms with Crippen LogP contribution >= 0.6 is 0 Å². The molecule has 3 heterocycles. The van der Waals surface area contributed by atoms with Crippen LogP contribution in [0.1, 0.15) is 73.6 Å². The van der Waals surface area contributed by atoms with Crippen LogP contribution in [0.5, 0.6) is 0 Å². The van der Waals surface area contributed by atoms with Gasteiger partial charge in [-0.05, 0) is 104 Å². The normalized spacial score (nSPS) is 11.1. The van der Waals surface area contributed by atoms with Gasteiger partial charge in [0, 0.05) is 35.3 Å². The molecule has 3 nitrogen and oxygen atoms in total. The van der Waals surface area contributed by atoms with E-state index in [1.54, 1.807) is 0 Å². The fourth-order valence-electron chi connectivity index (χ4n) is 6.38. The van der Waals surface area contributed by atoms with Crippen LogP contribution in [0.4, 0.5) is 0 Å². The van der Waals surface area contributed by atoms with Gasteiger partial charge in [-0.1, -0.05) is 117 Å². The maximum absolute atomic E-state index is 4.69.